The molecule has 7 heteroatoms. The summed E-state index contributed by atoms with van der Waals surface area (Å²) in [4.78, 5) is 12.7. The fourth-order valence-corrected chi connectivity index (χ4v) is 1.31. The van der Waals surface area contributed by atoms with E-state index in [0.717, 1.165) is 6.20 Å². The zero-order valence-corrected chi connectivity index (χ0v) is 7.39. The molecule has 0 amide bonds. The first kappa shape index (κ1) is 10.4. The highest BCUT2D eigenvalue weighted by atomic mass is 35.5. The zero-order chi connectivity index (χ0) is 10.2. The van der Waals surface area contributed by atoms with Crippen LogP contribution in [0.5, 0.6) is 0 Å². The van der Waals surface area contributed by atoms with Crippen LogP contribution < -0.4 is 5.56 Å². The lowest BCUT2D eigenvalue weighted by atomic mass is 10.2. The SMILES string of the molecule is O=c1[nH]cc(Cl)c(C(F)(F)F)c1Cl. The Bertz CT molecular complexity index is 384. The van der Waals surface area contributed by atoms with Crippen molar-refractivity contribution in [3.8, 4) is 0 Å². The minimum atomic E-state index is -4.72. The van der Waals surface area contributed by atoms with Gasteiger partial charge in [0, 0.05) is 6.20 Å². The number of aromatic nitrogens is 1. The second-order valence-electron chi connectivity index (χ2n) is 2.15. The summed E-state index contributed by atoms with van der Waals surface area (Å²) in [5.74, 6) is 0. The Morgan fingerprint density at radius 1 is 1.31 bits per heavy atom. The summed E-state index contributed by atoms with van der Waals surface area (Å²) in [5.41, 5.74) is -2.32. The van der Waals surface area contributed by atoms with E-state index in [1.54, 1.807) is 0 Å². The summed E-state index contributed by atoms with van der Waals surface area (Å²) in [6.45, 7) is 0. The van der Waals surface area contributed by atoms with Crippen molar-refractivity contribution in [1.82, 2.24) is 4.98 Å². The highest BCUT2D eigenvalue weighted by Gasteiger charge is 2.36. The third kappa shape index (κ3) is 1.97. The van der Waals surface area contributed by atoms with E-state index in [1.165, 1.54) is 0 Å². The molecule has 0 aliphatic heterocycles. The molecular weight excluding hydrogens is 230 g/mol. The molecule has 1 N–H and O–H groups in total. The normalized spacial score (nSPS) is 11.8. The zero-order valence-electron chi connectivity index (χ0n) is 5.88. The Labute approximate surface area is 80.3 Å². The summed E-state index contributed by atoms with van der Waals surface area (Å²) in [7, 11) is 0. The lowest BCUT2D eigenvalue weighted by Crippen LogP contribution is -2.15. The van der Waals surface area contributed by atoms with Crippen molar-refractivity contribution >= 4 is 23.2 Å². The molecule has 2 nitrogen and oxygen atoms in total. The van der Waals surface area contributed by atoms with Crippen molar-refractivity contribution in [2.45, 2.75) is 6.18 Å². The quantitative estimate of drug-likeness (QED) is 0.732. The highest BCUT2D eigenvalue weighted by molar-refractivity contribution is 6.35. The molecule has 0 saturated heterocycles. The van der Waals surface area contributed by atoms with E-state index in [4.69, 9.17) is 23.2 Å². The van der Waals surface area contributed by atoms with Crippen LogP contribution in [-0.2, 0) is 6.18 Å². The molecule has 72 valence electrons. The van der Waals surface area contributed by atoms with Crippen molar-refractivity contribution in [3.63, 3.8) is 0 Å². The van der Waals surface area contributed by atoms with E-state index in [0.29, 0.717) is 0 Å². The second-order valence-corrected chi connectivity index (χ2v) is 2.94. The van der Waals surface area contributed by atoms with Crippen LogP contribution in [-0.4, -0.2) is 4.98 Å². The minimum Gasteiger partial charge on any atom is -0.326 e. The number of hydrogen-bond donors (Lipinski definition) is 1. The van der Waals surface area contributed by atoms with Gasteiger partial charge in [0.25, 0.3) is 5.56 Å². The van der Waals surface area contributed by atoms with Gasteiger partial charge in [0.05, 0.1) is 10.6 Å². The standard InChI is InChI=1S/C6H2Cl2F3NO/c7-2-1-12-5(13)4(8)3(2)6(9,10)11/h1H,(H,12,13). The summed E-state index contributed by atoms with van der Waals surface area (Å²) >= 11 is 10.3. The largest absolute Gasteiger partial charge is 0.419 e. The smallest absolute Gasteiger partial charge is 0.326 e. The van der Waals surface area contributed by atoms with E-state index in [2.05, 4.69) is 0 Å². The molecule has 0 fully saturated rings. The molecule has 0 bridgehead atoms. The average molecular weight is 232 g/mol. The number of rotatable bonds is 0. The first-order chi connectivity index (χ1) is 5.84. The van der Waals surface area contributed by atoms with Crippen molar-refractivity contribution in [1.29, 1.82) is 0 Å². The Kier molecular flexibility index (Phi) is 2.58. The average Bonchev–Trinajstić information content (AvgIpc) is 1.95. The number of aromatic amines is 1. The Morgan fingerprint density at radius 2 is 1.85 bits per heavy atom. The van der Waals surface area contributed by atoms with Gasteiger partial charge in [-0.2, -0.15) is 13.2 Å². The predicted molar refractivity (Wildman–Crippen MR) is 42.1 cm³/mol. The molecule has 1 heterocycles. The fourth-order valence-electron chi connectivity index (χ4n) is 0.743. The van der Waals surface area contributed by atoms with Crippen LogP contribution in [0.25, 0.3) is 0 Å². The van der Waals surface area contributed by atoms with E-state index >= 15 is 0 Å². The molecule has 0 atom stereocenters. The summed E-state index contributed by atoms with van der Waals surface area (Å²) in [6.07, 6.45) is -3.97. The summed E-state index contributed by atoms with van der Waals surface area (Å²) in [5, 5.41) is -1.57. The van der Waals surface area contributed by atoms with Crippen LogP contribution in [0.4, 0.5) is 13.2 Å². The molecule has 0 aliphatic rings. The Balaban J connectivity index is 3.52. The molecule has 13 heavy (non-hydrogen) atoms. The molecule has 0 aromatic carbocycles. The van der Waals surface area contributed by atoms with Gasteiger partial charge in [-0.25, -0.2) is 0 Å². The molecule has 1 rings (SSSR count). The second kappa shape index (κ2) is 3.23. The van der Waals surface area contributed by atoms with Gasteiger partial charge in [-0.3, -0.25) is 4.79 Å². The number of hydrogen-bond acceptors (Lipinski definition) is 1. The molecule has 0 aliphatic carbocycles. The predicted octanol–water partition coefficient (Wildman–Crippen LogP) is 2.70. The van der Waals surface area contributed by atoms with Gasteiger partial charge in [-0.05, 0) is 0 Å². The number of H-pyrrole nitrogens is 1. The Morgan fingerprint density at radius 3 is 2.23 bits per heavy atom. The maximum Gasteiger partial charge on any atom is 0.419 e. The number of nitrogens with one attached hydrogen (secondary N) is 1. The van der Waals surface area contributed by atoms with Crippen LogP contribution in [0.2, 0.25) is 10.0 Å². The van der Waals surface area contributed by atoms with Crippen LogP contribution in [0.15, 0.2) is 11.0 Å². The van der Waals surface area contributed by atoms with Gasteiger partial charge < -0.3 is 4.98 Å². The molecule has 0 radical (unpaired) electrons. The first-order valence-corrected chi connectivity index (χ1v) is 3.73. The monoisotopic (exact) mass is 231 g/mol. The molecule has 1 aromatic rings. The maximum atomic E-state index is 12.2. The first-order valence-electron chi connectivity index (χ1n) is 2.98. The van der Waals surface area contributed by atoms with Gasteiger partial charge >= 0.3 is 6.18 Å². The van der Waals surface area contributed by atoms with Gasteiger partial charge in [0.2, 0.25) is 0 Å². The topological polar surface area (TPSA) is 32.9 Å². The van der Waals surface area contributed by atoms with E-state index in [9.17, 15) is 18.0 Å². The van der Waals surface area contributed by atoms with Gasteiger partial charge in [0.15, 0.2) is 0 Å². The van der Waals surface area contributed by atoms with Crippen molar-refractivity contribution in [3.05, 3.63) is 32.2 Å². The molecule has 0 saturated carbocycles. The van der Waals surface area contributed by atoms with E-state index < -0.39 is 27.3 Å². The molecule has 0 spiro atoms. The van der Waals surface area contributed by atoms with Crippen LogP contribution in [0, 0.1) is 0 Å². The van der Waals surface area contributed by atoms with Gasteiger partial charge in [-0.15, -0.1) is 0 Å². The summed E-state index contributed by atoms with van der Waals surface area (Å²) in [6, 6.07) is 0. The molecule has 0 unspecified atom stereocenters. The van der Waals surface area contributed by atoms with Crippen LogP contribution >= 0.6 is 23.2 Å². The fraction of sp³-hybridized carbons (Fsp3) is 0.167. The molecular formula is C6H2Cl2F3NO. The number of pyridine rings is 1. The Hall–Kier alpha value is -0.680. The lowest BCUT2D eigenvalue weighted by molar-refractivity contribution is -0.137. The third-order valence-electron chi connectivity index (χ3n) is 1.27. The van der Waals surface area contributed by atoms with E-state index in [-0.39, 0.29) is 0 Å². The van der Waals surface area contributed by atoms with Gasteiger partial charge in [0.1, 0.15) is 5.02 Å². The number of alkyl halides is 3. The minimum absolute atomic E-state index is 0.628. The summed E-state index contributed by atoms with van der Waals surface area (Å²) < 4.78 is 36.5. The number of halogens is 5. The van der Waals surface area contributed by atoms with Crippen molar-refractivity contribution < 1.29 is 13.2 Å². The molecule has 1 aromatic heterocycles. The highest BCUT2D eigenvalue weighted by Crippen LogP contribution is 2.37. The maximum absolute atomic E-state index is 12.2. The van der Waals surface area contributed by atoms with E-state index in [1.807, 2.05) is 4.98 Å². The third-order valence-corrected chi connectivity index (χ3v) is 1.93. The lowest BCUT2D eigenvalue weighted by Gasteiger charge is -2.08. The van der Waals surface area contributed by atoms with Crippen LogP contribution in [0.1, 0.15) is 5.56 Å². The van der Waals surface area contributed by atoms with Crippen LogP contribution in [0.3, 0.4) is 0 Å². The van der Waals surface area contributed by atoms with Gasteiger partial charge in [-0.1, -0.05) is 23.2 Å². The van der Waals surface area contributed by atoms with Crippen molar-refractivity contribution in [2.75, 3.05) is 0 Å². The van der Waals surface area contributed by atoms with Crippen molar-refractivity contribution in [2.24, 2.45) is 0 Å².